The van der Waals surface area contributed by atoms with Gasteiger partial charge < -0.3 is 9.84 Å². The molecular formula is C15H23ClN4O3S. The van der Waals surface area contributed by atoms with Gasteiger partial charge >= 0.3 is 0 Å². The summed E-state index contributed by atoms with van der Waals surface area (Å²) in [5, 5.41) is 7.09. The van der Waals surface area contributed by atoms with Gasteiger partial charge in [-0.1, -0.05) is 17.3 Å². The maximum atomic E-state index is 11.7. The molecule has 1 aromatic heterocycles. The maximum absolute atomic E-state index is 11.7. The van der Waals surface area contributed by atoms with Crippen LogP contribution in [0.15, 0.2) is 33.7 Å². The molecule has 2 N–H and O–H groups in total. The van der Waals surface area contributed by atoms with Gasteiger partial charge in [-0.25, -0.2) is 13.1 Å². The number of rotatable bonds is 8. The van der Waals surface area contributed by atoms with E-state index >= 15 is 0 Å². The van der Waals surface area contributed by atoms with Gasteiger partial charge in [0.05, 0.1) is 4.90 Å². The number of hydrogen-bond donors (Lipinski definition) is 2. The highest BCUT2D eigenvalue weighted by Gasteiger charge is 2.12. The minimum absolute atomic E-state index is 0. The fraction of sp³-hybridized carbons (Fsp3) is 0.467. The van der Waals surface area contributed by atoms with Gasteiger partial charge in [-0.2, -0.15) is 4.98 Å². The van der Waals surface area contributed by atoms with Gasteiger partial charge in [0.1, 0.15) is 0 Å². The zero-order valence-electron chi connectivity index (χ0n) is 13.9. The van der Waals surface area contributed by atoms with E-state index in [4.69, 9.17) is 4.52 Å². The normalized spacial score (nSPS) is 12.6. The molecule has 2 aromatic rings. The third-order valence-electron chi connectivity index (χ3n) is 3.62. The molecule has 24 heavy (non-hydrogen) atoms. The first-order valence-electron chi connectivity index (χ1n) is 7.46. The van der Waals surface area contributed by atoms with Crippen LogP contribution in [0.25, 0.3) is 0 Å². The third-order valence-corrected chi connectivity index (χ3v) is 5.05. The molecule has 0 aliphatic heterocycles. The fourth-order valence-electron chi connectivity index (χ4n) is 2.05. The number of likely N-dealkylation sites (N-methyl/N-ethyl adjacent to an activating group) is 1. The van der Waals surface area contributed by atoms with Crippen LogP contribution in [0.1, 0.15) is 24.2 Å². The topological polar surface area (TPSA) is 97.1 Å². The first kappa shape index (κ1) is 20.6. The lowest BCUT2D eigenvalue weighted by molar-refractivity contribution is 0.371. The first-order chi connectivity index (χ1) is 10.9. The van der Waals surface area contributed by atoms with Gasteiger partial charge in [0, 0.05) is 18.9 Å². The van der Waals surface area contributed by atoms with Crippen molar-refractivity contribution in [3.8, 4) is 0 Å². The van der Waals surface area contributed by atoms with Gasteiger partial charge in [0.25, 0.3) is 0 Å². The minimum atomic E-state index is -3.39. The number of halogens is 1. The fourth-order valence-corrected chi connectivity index (χ4v) is 2.79. The summed E-state index contributed by atoms with van der Waals surface area (Å²) in [5.41, 5.74) is 1.02. The van der Waals surface area contributed by atoms with E-state index in [1.54, 1.807) is 24.3 Å². The summed E-state index contributed by atoms with van der Waals surface area (Å²) in [7, 11) is -0.103. The number of hydrogen-bond acceptors (Lipinski definition) is 6. The van der Waals surface area contributed by atoms with E-state index in [1.165, 1.54) is 7.05 Å². The van der Waals surface area contributed by atoms with Gasteiger partial charge in [0.15, 0.2) is 5.82 Å². The van der Waals surface area contributed by atoms with E-state index in [0.29, 0.717) is 30.6 Å². The van der Waals surface area contributed by atoms with E-state index in [2.05, 4.69) is 27.1 Å². The Kier molecular flexibility index (Phi) is 7.82. The quantitative estimate of drug-likeness (QED) is 0.723. The summed E-state index contributed by atoms with van der Waals surface area (Å²) < 4.78 is 30.8. The van der Waals surface area contributed by atoms with Gasteiger partial charge in [-0.3, -0.25) is 0 Å². The van der Waals surface area contributed by atoms with Crippen molar-refractivity contribution in [3.05, 3.63) is 41.5 Å². The Bertz CT molecular complexity index is 731. The van der Waals surface area contributed by atoms with Crippen LogP contribution in [-0.4, -0.2) is 38.7 Å². The van der Waals surface area contributed by atoms with Crippen molar-refractivity contribution in [3.63, 3.8) is 0 Å². The molecule has 7 nitrogen and oxygen atoms in total. The molecule has 0 radical (unpaired) electrons. The Hall–Kier alpha value is -1.48. The average molecular weight is 375 g/mol. The Morgan fingerprint density at radius 2 is 1.83 bits per heavy atom. The van der Waals surface area contributed by atoms with Crippen LogP contribution >= 0.6 is 12.4 Å². The summed E-state index contributed by atoms with van der Waals surface area (Å²) >= 11 is 0. The van der Waals surface area contributed by atoms with Gasteiger partial charge in [-0.05, 0) is 45.1 Å². The Morgan fingerprint density at radius 1 is 1.17 bits per heavy atom. The zero-order chi connectivity index (χ0) is 16.9. The van der Waals surface area contributed by atoms with Crippen LogP contribution < -0.4 is 10.0 Å². The lowest BCUT2D eigenvalue weighted by atomic mass is 10.1. The highest BCUT2D eigenvalue weighted by atomic mass is 35.5. The van der Waals surface area contributed by atoms with Crippen molar-refractivity contribution in [2.24, 2.45) is 0 Å². The molecular weight excluding hydrogens is 352 g/mol. The van der Waals surface area contributed by atoms with Crippen LogP contribution in [0, 0.1) is 0 Å². The average Bonchev–Trinajstić information content (AvgIpc) is 3.00. The maximum Gasteiger partial charge on any atom is 0.240 e. The molecule has 0 saturated heterocycles. The lowest BCUT2D eigenvalue weighted by Gasteiger charge is -2.04. The summed E-state index contributed by atoms with van der Waals surface area (Å²) in [4.78, 5) is 4.61. The highest BCUT2D eigenvalue weighted by molar-refractivity contribution is 7.89. The molecule has 1 aromatic carbocycles. The van der Waals surface area contributed by atoms with E-state index in [0.717, 1.165) is 12.0 Å². The predicted molar refractivity (Wildman–Crippen MR) is 93.9 cm³/mol. The largest absolute Gasteiger partial charge is 0.339 e. The molecule has 0 bridgehead atoms. The molecule has 1 unspecified atom stereocenters. The van der Waals surface area contributed by atoms with E-state index < -0.39 is 10.0 Å². The van der Waals surface area contributed by atoms with Gasteiger partial charge in [-0.15, -0.1) is 12.4 Å². The zero-order valence-corrected chi connectivity index (χ0v) is 15.6. The van der Waals surface area contributed by atoms with Crippen molar-refractivity contribution in [1.29, 1.82) is 0 Å². The number of nitrogens with zero attached hydrogens (tertiary/aromatic N) is 2. The number of benzene rings is 1. The van der Waals surface area contributed by atoms with Crippen molar-refractivity contribution < 1.29 is 12.9 Å². The first-order valence-corrected chi connectivity index (χ1v) is 8.94. The molecule has 0 fully saturated rings. The summed E-state index contributed by atoms with van der Waals surface area (Å²) in [6.07, 6.45) is 2.05. The second-order valence-corrected chi connectivity index (χ2v) is 7.24. The molecule has 9 heteroatoms. The predicted octanol–water partition coefficient (Wildman–Crippen LogP) is 1.34. The van der Waals surface area contributed by atoms with E-state index in [9.17, 15) is 8.42 Å². The Morgan fingerprint density at radius 3 is 2.42 bits per heavy atom. The Labute approximate surface area is 148 Å². The van der Waals surface area contributed by atoms with Gasteiger partial charge in [0.2, 0.25) is 15.9 Å². The summed E-state index contributed by atoms with van der Waals surface area (Å²) in [5.74, 6) is 1.28. The SMILES string of the molecule is CNC(C)Cc1noc(CCc2ccc(S(=O)(=O)NC)cc2)n1.Cl. The van der Waals surface area contributed by atoms with Crippen LogP contribution in [0.3, 0.4) is 0 Å². The molecule has 0 saturated carbocycles. The lowest BCUT2D eigenvalue weighted by Crippen LogP contribution is -2.24. The van der Waals surface area contributed by atoms with Crippen LogP contribution in [0.4, 0.5) is 0 Å². The number of aryl methyl sites for hydroxylation is 2. The molecule has 1 atom stereocenters. The van der Waals surface area contributed by atoms with Crippen molar-refractivity contribution in [1.82, 2.24) is 20.2 Å². The monoisotopic (exact) mass is 374 g/mol. The molecule has 134 valence electrons. The number of sulfonamides is 1. The van der Waals surface area contributed by atoms with Crippen LogP contribution in [0.5, 0.6) is 0 Å². The second kappa shape index (κ2) is 9.12. The van der Waals surface area contributed by atoms with Crippen molar-refractivity contribution >= 4 is 22.4 Å². The van der Waals surface area contributed by atoms with E-state index in [1.807, 2.05) is 7.05 Å². The van der Waals surface area contributed by atoms with Crippen molar-refractivity contribution in [2.45, 2.75) is 37.1 Å². The van der Waals surface area contributed by atoms with Crippen LogP contribution in [-0.2, 0) is 29.3 Å². The highest BCUT2D eigenvalue weighted by Crippen LogP contribution is 2.12. The molecule has 0 aliphatic carbocycles. The van der Waals surface area contributed by atoms with Crippen LogP contribution in [0.2, 0.25) is 0 Å². The summed E-state index contributed by atoms with van der Waals surface area (Å²) in [6, 6.07) is 7.07. The molecule has 0 amide bonds. The second-order valence-electron chi connectivity index (χ2n) is 5.35. The smallest absolute Gasteiger partial charge is 0.240 e. The Balaban J connectivity index is 0.00000288. The van der Waals surface area contributed by atoms with E-state index in [-0.39, 0.29) is 17.3 Å². The summed E-state index contributed by atoms with van der Waals surface area (Å²) in [6.45, 7) is 2.05. The number of nitrogens with one attached hydrogen (secondary N) is 2. The van der Waals surface area contributed by atoms with Crippen molar-refractivity contribution in [2.75, 3.05) is 14.1 Å². The number of aromatic nitrogens is 2. The standard InChI is InChI=1S/C15H22N4O3S.ClH/c1-11(16-2)10-14-18-15(22-19-14)9-6-12-4-7-13(8-5-12)23(20,21)17-3;/h4-5,7-8,11,16-17H,6,9-10H2,1-3H3;1H. The molecule has 2 rings (SSSR count). The third kappa shape index (κ3) is 5.55. The molecule has 0 aliphatic rings. The molecule has 1 heterocycles. The molecule has 0 spiro atoms. The minimum Gasteiger partial charge on any atom is -0.339 e.